The number of carbonyl (C=O) groups excluding carboxylic acids is 1. The van der Waals surface area contributed by atoms with Crippen LogP contribution in [0.3, 0.4) is 0 Å². The molecule has 0 saturated heterocycles. The highest BCUT2D eigenvalue weighted by Crippen LogP contribution is 2.25. The molecular formula is C16H23NO3. The maximum atomic E-state index is 12.1. The van der Waals surface area contributed by atoms with Crippen LogP contribution in [0, 0.1) is 5.41 Å². The zero-order valence-electron chi connectivity index (χ0n) is 12.6. The molecule has 0 radical (unpaired) electrons. The third-order valence-electron chi connectivity index (χ3n) is 3.44. The molecule has 20 heavy (non-hydrogen) atoms. The van der Waals surface area contributed by atoms with E-state index in [9.17, 15) is 9.59 Å². The molecule has 0 atom stereocenters. The van der Waals surface area contributed by atoms with Crippen LogP contribution in [0.1, 0.15) is 45.2 Å². The van der Waals surface area contributed by atoms with Gasteiger partial charge in [-0.2, -0.15) is 0 Å². The molecule has 1 amide bonds. The second-order valence-electron chi connectivity index (χ2n) is 5.57. The molecule has 4 heteroatoms. The highest BCUT2D eigenvalue weighted by molar-refractivity contribution is 5.95. The number of aliphatic carboxylic acids is 1. The minimum absolute atomic E-state index is 0.0382. The van der Waals surface area contributed by atoms with Gasteiger partial charge in [-0.25, -0.2) is 0 Å². The highest BCUT2D eigenvalue weighted by Gasteiger charge is 2.30. The van der Waals surface area contributed by atoms with Gasteiger partial charge >= 0.3 is 5.97 Å². The molecule has 0 bridgehead atoms. The number of nitrogens with one attached hydrogen (secondary N) is 1. The van der Waals surface area contributed by atoms with Crippen LogP contribution in [0.15, 0.2) is 18.2 Å². The maximum absolute atomic E-state index is 12.1. The molecule has 0 aliphatic rings. The number of carbonyl (C=O) groups is 2. The number of para-hydroxylation sites is 1. The average molecular weight is 277 g/mol. The first-order valence-corrected chi connectivity index (χ1v) is 6.95. The summed E-state index contributed by atoms with van der Waals surface area (Å²) in [5.41, 5.74) is 1.93. The van der Waals surface area contributed by atoms with Crippen molar-refractivity contribution in [2.45, 2.75) is 47.0 Å². The lowest BCUT2D eigenvalue weighted by molar-refractivity contribution is -0.148. The van der Waals surface area contributed by atoms with Gasteiger partial charge in [0.15, 0.2) is 0 Å². The minimum atomic E-state index is -1.06. The third-order valence-corrected chi connectivity index (χ3v) is 3.44. The molecule has 0 spiro atoms. The van der Waals surface area contributed by atoms with Crippen molar-refractivity contribution in [1.29, 1.82) is 0 Å². The van der Waals surface area contributed by atoms with Crippen molar-refractivity contribution in [3.8, 4) is 0 Å². The Morgan fingerprint density at radius 3 is 2.05 bits per heavy atom. The molecule has 0 aliphatic heterocycles. The summed E-state index contributed by atoms with van der Waals surface area (Å²) >= 11 is 0. The van der Waals surface area contributed by atoms with E-state index < -0.39 is 11.4 Å². The van der Waals surface area contributed by atoms with Gasteiger partial charge in [0.2, 0.25) is 5.91 Å². The monoisotopic (exact) mass is 277 g/mol. The van der Waals surface area contributed by atoms with Gasteiger partial charge < -0.3 is 10.4 Å². The first-order chi connectivity index (χ1) is 9.31. The van der Waals surface area contributed by atoms with Gasteiger partial charge in [0.05, 0.1) is 5.41 Å². The Hall–Kier alpha value is -1.84. The first kappa shape index (κ1) is 16.2. The van der Waals surface area contributed by atoms with Crippen LogP contribution in [-0.4, -0.2) is 17.0 Å². The third kappa shape index (κ3) is 3.83. The largest absolute Gasteiger partial charge is 0.481 e. The summed E-state index contributed by atoms with van der Waals surface area (Å²) in [6.45, 7) is 7.18. The fourth-order valence-corrected chi connectivity index (χ4v) is 2.06. The fraction of sp³-hybridized carbons (Fsp3) is 0.500. The molecule has 0 fully saturated rings. The normalized spacial score (nSPS) is 11.2. The van der Waals surface area contributed by atoms with Crippen molar-refractivity contribution < 1.29 is 14.7 Å². The van der Waals surface area contributed by atoms with E-state index in [4.69, 9.17) is 5.11 Å². The number of hydrogen-bond donors (Lipinski definition) is 2. The molecule has 0 unspecified atom stereocenters. The smallest absolute Gasteiger partial charge is 0.309 e. The van der Waals surface area contributed by atoms with E-state index in [0.717, 1.165) is 29.7 Å². The Morgan fingerprint density at radius 1 is 1.15 bits per heavy atom. The summed E-state index contributed by atoms with van der Waals surface area (Å²) in [4.78, 5) is 23.2. The molecule has 0 saturated carbocycles. The van der Waals surface area contributed by atoms with Gasteiger partial charge in [-0.3, -0.25) is 9.59 Å². The summed E-state index contributed by atoms with van der Waals surface area (Å²) in [6, 6.07) is 5.95. The van der Waals surface area contributed by atoms with Crippen LogP contribution >= 0.6 is 0 Å². The summed E-state index contributed by atoms with van der Waals surface area (Å²) in [5, 5.41) is 12.0. The number of carboxylic acid groups (broad SMARTS) is 1. The second kappa shape index (κ2) is 6.55. The molecule has 0 aromatic heterocycles. The lowest BCUT2D eigenvalue weighted by Gasteiger charge is -2.20. The molecule has 4 nitrogen and oxygen atoms in total. The van der Waals surface area contributed by atoms with Gasteiger partial charge in [0, 0.05) is 12.1 Å². The van der Waals surface area contributed by atoms with E-state index >= 15 is 0 Å². The first-order valence-electron chi connectivity index (χ1n) is 6.95. The Kier molecular flexibility index (Phi) is 5.31. The lowest BCUT2D eigenvalue weighted by atomic mass is 9.89. The van der Waals surface area contributed by atoms with Crippen LogP contribution in [0.4, 0.5) is 5.69 Å². The van der Waals surface area contributed by atoms with Gasteiger partial charge in [-0.15, -0.1) is 0 Å². The zero-order valence-corrected chi connectivity index (χ0v) is 12.6. The van der Waals surface area contributed by atoms with Crippen molar-refractivity contribution in [3.05, 3.63) is 29.3 Å². The number of hydrogen-bond acceptors (Lipinski definition) is 2. The van der Waals surface area contributed by atoms with Crippen molar-refractivity contribution in [2.75, 3.05) is 5.32 Å². The van der Waals surface area contributed by atoms with Crippen molar-refractivity contribution in [2.24, 2.45) is 5.41 Å². The van der Waals surface area contributed by atoms with Crippen molar-refractivity contribution >= 4 is 17.6 Å². The number of amides is 1. The number of rotatable bonds is 6. The average Bonchev–Trinajstić information content (AvgIpc) is 2.38. The summed E-state index contributed by atoms with van der Waals surface area (Å²) < 4.78 is 0. The molecule has 1 aromatic rings. The van der Waals surface area contributed by atoms with E-state index in [-0.39, 0.29) is 12.3 Å². The Balaban J connectivity index is 2.93. The van der Waals surface area contributed by atoms with E-state index in [2.05, 4.69) is 5.32 Å². The fourth-order valence-electron chi connectivity index (χ4n) is 2.06. The van der Waals surface area contributed by atoms with E-state index in [1.54, 1.807) is 13.8 Å². The standard InChI is InChI=1S/C16H23NO3/c1-5-11-8-7-9-12(6-2)14(11)17-13(18)10-16(3,4)15(19)20/h7-9H,5-6,10H2,1-4H3,(H,17,18)(H,19,20). The van der Waals surface area contributed by atoms with Gasteiger partial charge in [-0.05, 0) is 37.8 Å². The van der Waals surface area contributed by atoms with E-state index in [1.807, 2.05) is 32.0 Å². The van der Waals surface area contributed by atoms with Crippen LogP contribution in [0.5, 0.6) is 0 Å². The SMILES string of the molecule is CCc1cccc(CC)c1NC(=O)CC(C)(C)C(=O)O. The van der Waals surface area contributed by atoms with E-state index in [1.165, 1.54) is 0 Å². The molecular weight excluding hydrogens is 254 g/mol. The Morgan fingerprint density at radius 2 is 1.65 bits per heavy atom. The van der Waals surface area contributed by atoms with Crippen molar-refractivity contribution in [3.63, 3.8) is 0 Å². The molecule has 2 N–H and O–H groups in total. The van der Waals surface area contributed by atoms with Crippen LogP contribution in [0.25, 0.3) is 0 Å². The minimum Gasteiger partial charge on any atom is -0.481 e. The predicted octanol–water partition coefficient (Wildman–Crippen LogP) is 3.25. The maximum Gasteiger partial charge on any atom is 0.309 e. The van der Waals surface area contributed by atoms with E-state index in [0.29, 0.717) is 0 Å². The number of benzene rings is 1. The van der Waals surface area contributed by atoms with Crippen LogP contribution in [-0.2, 0) is 22.4 Å². The highest BCUT2D eigenvalue weighted by atomic mass is 16.4. The number of anilines is 1. The van der Waals surface area contributed by atoms with Gasteiger partial charge in [-0.1, -0.05) is 32.0 Å². The number of aryl methyl sites for hydroxylation is 2. The van der Waals surface area contributed by atoms with Crippen molar-refractivity contribution in [1.82, 2.24) is 0 Å². The summed E-state index contributed by atoms with van der Waals surface area (Å²) in [5.74, 6) is -1.22. The molecule has 110 valence electrons. The quantitative estimate of drug-likeness (QED) is 0.838. The zero-order chi connectivity index (χ0) is 15.3. The van der Waals surface area contributed by atoms with Crippen LogP contribution in [0.2, 0.25) is 0 Å². The molecule has 0 aliphatic carbocycles. The van der Waals surface area contributed by atoms with Gasteiger partial charge in [0.25, 0.3) is 0 Å². The molecule has 0 heterocycles. The Labute approximate surface area is 120 Å². The molecule has 1 aromatic carbocycles. The number of carboxylic acids is 1. The predicted molar refractivity (Wildman–Crippen MR) is 79.9 cm³/mol. The Bertz CT molecular complexity index is 484. The topological polar surface area (TPSA) is 66.4 Å². The van der Waals surface area contributed by atoms with Gasteiger partial charge in [0.1, 0.15) is 0 Å². The second-order valence-corrected chi connectivity index (χ2v) is 5.57. The lowest BCUT2D eigenvalue weighted by Crippen LogP contribution is -2.30. The summed E-state index contributed by atoms with van der Waals surface area (Å²) in [7, 11) is 0. The molecule has 1 rings (SSSR count). The summed E-state index contributed by atoms with van der Waals surface area (Å²) in [6.07, 6.45) is 1.61. The van der Waals surface area contributed by atoms with Crippen LogP contribution < -0.4 is 5.32 Å².